The highest BCUT2D eigenvalue weighted by molar-refractivity contribution is 6.31. The smallest absolute Gasteiger partial charge is 0.224 e. The standard InChI is InChI=1S/C21H24ClN3O2/c1-4-5-20-23-16-8-6-14(11-17(16)24-20)7-9-21(26)25-18-10-13(2)15(22)12-19(18)27-3/h6,8,10-12H,4-5,7,9H2,1-3H3,(H,23,24)(H,25,26). The van der Waals surface area contributed by atoms with E-state index in [2.05, 4.69) is 28.3 Å². The van der Waals surface area contributed by atoms with Crippen molar-refractivity contribution in [3.8, 4) is 5.75 Å². The average Bonchev–Trinajstić information content (AvgIpc) is 3.04. The number of carbonyl (C=O) groups excluding carboxylic acids is 1. The molecule has 0 bridgehead atoms. The molecule has 0 radical (unpaired) electrons. The van der Waals surface area contributed by atoms with Gasteiger partial charge in [-0.3, -0.25) is 4.79 Å². The third kappa shape index (κ3) is 4.61. The second kappa shape index (κ2) is 8.44. The van der Waals surface area contributed by atoms with Gasteiger partial charge < -0.3 is 15.0 Å². The summed E-state index contributed by atoms with van der Waals surface area (Å²) >= 11 is 6.11. The number of nitrogens with one attached hydrogen (secondary N) is 2. The van der Waals surface area contributed by atoms with E-state index in [-0.39, 0.29) is 5.91 Å². The molecule has 0 unspecified atom stereocenters. The van der Waals surface area contributed by atoms with Crippen LogP contribution in [0.1, 0.15) is 36.7 Å². The maximum absolute atomic E-state index is 12.4. The van der Waals surface area contributed by atoms with Crippen LogP contribution in [0.15, 0.2) is 30.3 Å². The van der Waals surface area contributed by atoms with Crippen molar-refractivity contribution in [3.63, 3.8) is 0 Å². The molecule has 0 fully saturated rings. The van der Waals surface area contributed by atoms with Gasteiger partial charge in [-0.25, -0.2) is 4.98 Å². The van der Waals surface area contributed by atoms with E-state index in [4.69, 9.17) is 16.3 Å². The Hall–Kier alpha value is -2.53. The molecule has 5 nitrogen and oxygen atoms in total. The predicted molar refractivity (Wildman–Crippen MR) is 110 cm³/mol. The molecule has 0 aliphatic heterocycles. The minimum atomic E-state index is -0.0635. The lowest BCUT2D eigenvalue weighted by Crippen LogP contribution is -2.13. The number of hydrogen-bond acceptors (Lipinski definition) is 3. The number of halogens is 1. The van der Waals surface area contributed by atoms with Crippen LogP contribution < -0.4 is 10.1 Å². The van der Waals surface area contributed by atoms with Crippen molar-refractivity contribution < 1.29 is 9.53 Å². The Morgan fingerprint density at radius 1 is 1.26 bits per heavy atom. The van der Waals surface area contributed by atoms with Gasteiger partial charge in [0.25, 0.3) is 0 Å². The fourth-order valence-corrected chi connectivity index (χ4v) is 3.17. The van der Waals surface area contributed by atoms with Crippen molar-refractivity contribution in [3.05, 3.63) is 52.3 Å². The lowest BCUT2D eigenvalue weighted by Gasteiger charge is -2.12. The lowest BCUT2D eigenvalue weighted by molar-refractivity contribution is -0.116. The number of aryl methyl sites for hydroxylation is 3. The molecule has 0 spiro atoms. The third-order valence-corrected chi connectivity index (χ3v) is 4.88. The zero-order valence-corrected chi connectivity index (χ0v) is 16.6. The molecule has 1 amide bonds. The number of methoxy groups -OCH3 is 1. The van der Waals surface area contributed by atoms with Gasteiger partial charge in [0.05, 0.1) is 23.8 Å². The van der Waals surface area contributed by atoms with E-state index in [1.165, 1.54) is 0 Å². The first-order chi connectivity index (χ1) is 13.0. The maximum Gasteiger partial charge on any atom is 0.224 e. The fourth-order valence-electron chi connectivity index (χ4n) is 3.02. The second-order valence-corrected chi connectivity index (χ2v) is 7.04. The summed E-state index contributed by atoms with van der Waals surface area (Å²) in [5, 5.41) is 3.53. The topological polar surface area (TPSA) is 67.0 Å². The highest BCUT2D eigenvalue weighted by Gasteiger charge is 2.11. The molecule has 3 rings (SSSR count). The number of benzene rings is 2. The van der Waals surface area contributed by atoms with Crippen LogP contribution in [-0.2, 0) is 17.6 Å². The normalized spacial score (nSPS) is 11.0. The number of carbonyl (C=O) groups is 1. The van der Waals surface area contributed by atoms with Crippen LogP contribution in [-0.4, -0.2) is 23.0 Å². The Morgan fingerprint density at radius 3 is 2.81 bits per heavy atom. The van der Waals surface area contributed by atoms with Crippen molar-refractivity contribution in [2.45, 2.75) is 39.5 Å². The van der Waals surface area contributed by atoms with Gasteiger partial charge >= 0.3 is 0 Å². The molecule has 0 atom stereocenters. The Labute approximate surface area is 164 Å². The summed E-state index contributed by atoms with van der Waals surface area (Å²) in [7, 11) is 1.56. The first-order valence-corrected chi connectivity index (χ1v) is 9.49. The van der Waals surface area contributed by atoms with Gasteiger partial charge in [-0.15, -0.1) is 0 Å². The Kier molecular flexibility index (Phi) is 6.01. The van der Waals surface area contributed by atoms with Crippen LogP contribution in [0, 0.1) is 6.92 Å². The molecule has 142 valence electrons. The number of hydrogen-bond donors (Lipinski definition) is 2. The van der Waals surface area contributed by atoms with Gasteiger partial charge in [0.15, 0.2) is 0 Å². The van der Waals surface area contributed by atoms with Gasteiger partial charge in [0, 0.05) is 23.9 Å². The van der Waals surface area contributed by atoms with Crippen molar-refractivity contribution >= 4 is 34.2 Å². The molecule has 1 heterocycles. The third-order valence-electron chi connectivity index (χ3n) is 4.48. The number of nitrogens with zero attached hydrogens (tertiary/aromatic N) is 1. The SMILES string of the molecule is CCCc1nc2ccc(CCC(=O)Nc3cc(C)c(Cl)cc3OC)cc2[nH]1. The number of aromatic nitrogens is 2. The van der Waals surface area contributed by atoms with E-state index in [0.29, 0.717) is 29.3 Å². The number of anilines is 1. The molecule has 0 aliphatic carbocycles. The number of imidazole rings is 1. The number of rotatable bonds is 7. The van der Waals surface area contributed by atoms with E-state index >= 15 is 0 Å². The lowest BCUT2D eigenvalue weighted by atomic mass is 10.1. The van der Waals surface area contributed by atoms with Gasteiger partial charge in [0.1, 0.15) is 11.6 Å². The summed E-state index contributed by atoms with van der Waals surface area (Å²) in [4.78, 5) is 20.3. The van der Waals surface area contributed by atoms with Crippen molar-refractivity contribution in [1.82, 2.24) is 9.97 Å². The second-order valence-electron chi connectivity index (χ2n) is 6.63. The number of ether oxygens (including phenoxy) is 1. The van der Waals surface area contributed by atoms with Crippen LogP contribution in [0.2, 0.25) is 5.02 Å². The van der Waals surface area contributed by atoms with E-state index in [9.17, 15) is 4.79 Å². The van der Waals surface area contributed by atoms with E-state index in [0.717, 1.165) is 40.8 Å². The van der Waals surface area contributed by atoms with Gasteiger partial charge in [-0.1, -0.05) is 24.6 Å². The molecule has 0 saturated heterocycles. The first-order valence-electron chi connectivity index (χ1n) is 9.11. The average molecular weight is 386 g/mol. The Morgan fingerprint density at radius 2 is 2.07 bits per heavy atom. The van der Waals surface area contributed by atoms with Crippen molar-refractivity contribution in [1.29, 1.82) is 0 Å². The number of amides is 1. The summed E-state index contributed by atoms with van der Waals surface area (Å²) in [5.41, 5.74) is 4.61. The summed E-state index contributed by atoms with van der Waals surface area (Å²) in [5.74, 6) is 1.50. The molecular formula is C21H24ClN3O2. The van der Waals surface area contributed by atoms with Crippen LogP contribution in [0.3, 0.4) is 0 Å². The molecular weight excluding hydrogens is 362 g/mol. The Bertz CT molecular complexity index is 965. The quantitative estimate of drug-likeness (QED) is 0.597. The molecule has 27 heavy (non-hydrogen) atoms. The zero-order chi connectivity index (χ0) is 19.4. The van der Waals surface area contributed by atoms with Crippen LogP contribution in [0.4, 0.5) is 5.69 Å². The van der Waals surface area contributed by atoms with E-state index in [1.807, 2.05) is 25.1 Å². The highest BCUT2D eigenvalue weighted by Crippen LogP contribution is 2.31. The minimum absolute atomic E-state index is 0.0635. The summed E-state index contributed by atoms with van der Waals surface area (Å²) in [6, 6.07) is 9.64. The molecule has 1 aromatic heterocycles. The molecule has 2 aromatic carbocycles. The largest absolute Gasteiger partial charge is 0.495 e. The first kappa shape index (κ1) is 19.2. The van der Waals surface area contributed by atoms with Gasteiger partial charge in [0.2, 0.25) is 5.91 Å². The molecule has 2 N–H and O–H groups in total. The van der Waals surface area contributed by atoms with Crippen LogP contribution in [0.5, 0.6) is 5.75 Å². The summed E-state index contributed by atoms with van der Waals surface area (Å²) in [6.07, 6.45) is 3.03. The van der Waals surface area contributed by atoms with Crippen molar-refractivity contribution in [2.24, 2.45) is 0 Å². The van der Waals surface area contributed by atoms with Crippen LogP contribution in [0.25, 0.3) is 11.0 Å². The maximum atomic E-state index is 12.4. The molecule has 0 aliphatic rings. The summed E-state index contributed by atoms with van der Waals surface area (Å²) in [6.45, 7) is 4.03. The van der Waals surface area contributed by atoms with Gasteiger partial charge in [-0.2, -0.15) is 0 Å². The zero-order valence-electron chi connectivity index (χ0n) is 15.9. The molecule has 3 aromatic rings. The monoisotopic (exact) mass is 385 g/mol. The van der Waals surface area contributed by atoms with E-state index in [1.54, 1.807) is 13.2 Å². The molecule has 0 saturated carbocycles. The summed E-state index contributed by atoms with van der Waals surface area (Å²) < 4.78 is 5.30. The highest BCUT2D eigenvalue weighted by atomic mass is 35.5. The number of aromatic amines is 1. The van der Waals surface area contributed by atoms with E-state index < -0.39 is 0 Å². The minimum Gasteiger partial charge on any atom is -0.495 e. The molecule has 6 heteroatoms. The number of H-pyrrole nitrogens is 1. The van der Waals surface area contributed by atoms with Gasteiger partial charge in [-0.05, 0) is 49.1 Å². The Balaban J connectivity index is 1.65. The predicted octanol–water partition coefficient (Wildman–Crippen LogP) is 5.06. The number of fused-ring (bicyclic) bond motifs is 1. The fraction of sp³-hybridized carbons (Fsp3) is 0.333. The van der Waals surface area contributed by atoms with Crippen LogP contribution >= 0.6 is 11.6 Å². The van der Waals surface area contributed by atoms with Crippen molar-refractivity contribution in [2.75, 3.05) is 12.4 Å².